The lowest BCUT2D eigenvalue weighted by Crippen LogP contribution is -2.42. The number of nitrogens with zero attached hydrogens (tertiary/aromatic N) is 1. The van der Waals surface area contributed by atoms with E-state index in [0.717, 1.165) is 62.9 Å². The number of rotatable bonds is 9. The van der Waals surface area contributed by atoms with Crippen LogP contribution in [-0.2, 0) is 16.0 Å². The van der Waals surface area contributed by atoms with Crippen LogP contribution in [0.4, 0.5) is 0 Å². The highest BCUT2D eigenvalue weighted by Crippen LogP contribution is 2.29. The Morgan fingerprint density at radius 1 is 1.03 bits per heavy atom. The van der Waals surface area contributed by atoms with Gasteiger partial charge in [-0.05, 0) is 73.9 Å². The van der Waals surface area contributed by atoms with Gasteiger partial charge in [-0.2, -0.15) is 0 Å². The highest BCUT2D eigenvalue weighted by Gasteiger charge is 2.24. The zero-order valence-electron chi connectivity index (χ0n) is 20.3. The van der Waals surface area contributed by atoms with Crippen LogP contribution in [0.15, 0.2) is 53.4 Å². The molecule has 7 nitrogen and oxygen atoms in total. The van der Waals surface area contributed by atoms with Gasteiger partial charge in [0.15, 0.2) is 6.29 Å². The second-order valence-electron chi connectivity index (χ2n) is 9.06. The summed E-state index contributed by atoms with van der Waals surface area (Å²) in [5.41, 5.74) is 5.11. The number of benzene rings is 2. The Labute approximate surface area is 212 Å². The molecule has 2 heterocycles. The molecule has 188 valence electrons. The molecule has 2 aromatic rings. The van der Waals surface area contributed by atoms with Crippen molar-refractivity contribution in [3.8, 4) is 0 Å². The first-order valence-corrected chi connectivity index (χ1v) is 13.4. The van der Waals surface area contributed by atoms with Crippen LogP contribution >= 0.6 is 11.9 Å². The van der Waals surface area contributed by atoms with Gasteiger partial charge in [0, 0.05) is 42.6 Å². The van der Waals surface area contributed by atoms with Crippen LogP contribution in [0.5, 0.6) is 0 Å². The van der Waals surface area contributed by atoms with Crippen LogP contribution in [0.1, 0.15) is 71.7 Å². The van der Waals surface area contributed by atoms with E-state index in [9.17, 15) is 9.59 Å². The molecule has 2 saturated heterocycles. The summed E-state index contributed by atoms with van der Waals surface area (Å²) in [7, 11) is 0. The van der Waals surface area contributed by atoms with Crippen LogP contribution in [0.25, 0.3) is 0 Å². The van der Waals surface area contributed by atoms with Crippen molar-refractivity contribution in [1.82, 2.24) is 15.1 Å². The normalized spacial score (nSPS) is 19.3. The van der Waals surface area contributed by atoms with Crippen molar-refractivity contribution < 1.29 is 19.2 Å². The largest absolute Gasteiger partial charge is 0.350 e. The zero-order chi connectivity index (χ0) is 24.5. The third kappa shape index (κ3) is 7.54. The fraction of sp³-hybridized carbons (Fsp3) is 0.481. The van der Waals surface area contributed by atoms with E-state index in [1.54, 1.807) is 11.9 Å². The number of carbonyl (C=O) groups excluding carboxylic acids is 2. The summed E-state index contributed by atoms with van der Waals surface area (Å²) in [5.74, 6) is -0.280. The SMILES string of the molecule is CCCc1ccc(C(=O)NC2CCN(Sc3ccccc3C(=O)NOC3CCCCO3)CC2)cc1. The number of aryl methyl sites for hydroxylation is 1. The van der Waals surface area contributed by atoms with Crippen LogP contribution in [0.3, 0.4) is 0 Å². The minimum atomic E-state index is -0.379. The quantitative estimate of drug-likeness (QED) is 0.385. The lowest BCUT2D eigenvalue weighted by Gasteiger charge is -2.31. The van der Waals surface area contributed by atoms with Gasteiger partial charge in [0.25, 0.3) is 11.8 Å². The van der Waals surface area contributed by atoms with Gasteiger partial charge >= 0.3 is 0 Å². The number of nitrogens with one attached hydrogen (secondary N) is 2. The van der Waals surface area contributed by atoms with E-state index < -0.39 is 0 Å². The summed E-state index contributed by atoms with van der Waals surface area (Å²) in [6.45, 7) is 4.47. The zero-order valence-corrected chi connectivity index (χ0v) is 21.1. The van der Waals surface area contributed by atoms with Gasteiger partial charge < -0.3 is 10.1 Å². The van der Waals surface area contributed by atoms with E-state index in [1.165, 1.54) is 5.56 Å². The maximum absolute atomic E-state index is 12.7. The van der Waals surface area contributed by atoms with Crippen molar-refractivity contribution in [2.24, 2.45) is 0 Å². The molecule has 2 aliphatic heterocycles. The third-order valence-corrected chi connectivity index (χ3v) is 7.50. The molecular formula is C27H35N3O4S. The molecule has 0 bridgehead atoms. The third-order valence-electron chi connectivity index (χ3n) is 6.32. The topological polar surface area (TPSA) is 79.9 Å². The van der Waals surface area contributed by atoms with Crippen molar-refractivity contribution in [3.05, 3.63) is 65.2 Å². The Morgan fingerprint density at radius 3 is 2.51 bits per heavy atom. The van der Waals surface area contributed by atoms with Gasteiger partial charge in [-0.1, -0.05) is 37.6 Å². The van der Waals surface area contributed by atoms with E-state index >= 15 is 0 Å². The van der Waals surface area contributed by atoms with E-state index in [4.69, 9.17) is 9.57 Å². The monoisotopic (exact) mass is 497 g/mol. The van der Waals surface area contributed by atoms with Crippen molar-refractivity contribution in [3.63, 3.8) is 0 Å². The molecule has 0 aliphatic carbocycles. The van der Waals surface area contributed by atoms with Gasteiger partial charge in [0.05, 0.1) is 5.56 Å². The predicted octanol–water partition coefficient (Wildman–Crippen LogP) is 4.73. The van der Waals surface area contributed by atoms with Crippen LogP contribution < -0.4 is 10.8 Å². The van der Waals surface area contributed by atoms with E-state index in [1.807, 2.05) is 48.5 Å². The smallest absolute Gasteiger partial charge is 0.276 e. The highest BCUT2D eigenvalue weighted by molar-refractivity contribution is 7.97. The highest BCUT2D eigenvalue weighted by atomic mass is 32.2. The van der Waals surface area contributed by atoms with Crippen LogP contribution in [-0.4, -0.2) is 48.1 Å². The Hall–Kier alpha value is -2.39. The van der Waals surface area contributed by atoms with E-state index in [-0.39, 0.29) is 24.1 Å². The number of ether oxygens (including phenoxy) is 1. The molecule has 2 N–H and O–H groups in total. The van der Waals surface area contributed by atoms with Gasteiger partial charge in [-0.15, -0.1) is 0 Å². The maximum atomic E-state index is 12.7. The van der Waals surface area contributed by atoms with E-state index in [2.05, 4.69) is 22.0 Å². The number of piperidine rings is 1. The maximum Gasteiger partial charge on any atom is 0.276 e. The molecular weight excluding hydrogens is 462 g/mol. The summed E-state index contributed by atoms with van der Waals surface area (Å²) in [6, 6.07) is 15.6. The molecule has 2 fully saturated rings. The molecule has 8 heteroatoms. The molecule has 0 spiro atoms. The summed E-state index contributed by atoms with van der Waals surface area (Å²) in [6.07, 6.45) is 6.33. The number of hydrogen-bond donors (Lipinski definition) is 2. The average molecular weight is 498 g/mol. The standard InChI is InChI=1S/C27H35N3O4S/c1-2-7-20-11-13-21(14-12-20)26(31)28-22-15-17-30(18-16-22)35-24-9-4-3-8-23(24)27(32)29-34-25-10-5-6-19-33-25/h3-4,8-9,11-14,22,25H,2,5-7,10,15-19H2,1H3,(H,28,31)(H,29,32). The Kier molecular flexibility index (Phi) is 9.59. The van der Waals surface area contributed by atoms with E-state index in [0.29, 0.717) is 17.7 Å². The second-order valence-corrected chi connectivity index (χ2v) is 10.2. The van der Waals surface area contributed by atoms with Crippen molar-refractivity contribution >= 4 is 23.8 Å². The molecule has 2 aliphatic rings. The van der Waals surface area contributed by atoms with Gasteiger partial charge in [0.2, 0.25) is 0 Å². The van der Waals surface area contributed by atoms with Gasteiger partial charge in [-0.3, -0.25) is 9.59 Å². The lowest BCUT2D eigenvalue weighted by molar-refractivity contribution is -0.186. The summed E-state index contributed by atoms with van der Waals surface area (Å²) >= 11 is 1.58. The first-order valence-electron chi connectivity index (χ1n) is 12.6. The number of amides is 2. The van der Waals surface area contributed by atoms with Gasteiger partial charge in [-0.25, -0.2) is 14.6 Å². The number of hydrogen-bond acceptors (Lipinski definition) is 6. The van der Waals surface area contributed by atoms with Crippen molar-refractivity contribution in [1.29, 1.82) is 0 Å². The minimum Gasteiger partial charge on any atom is -0.350 e. The first-order chi connectivity index (χ1) is 17.1. The fourth-order valence-corrected chi connectivity index (χ4v) is 5.39. The number of carbonyl (C=O) groups is 2. The fourth-order valence-electron chi connectivity index (χ4n) is 4.32. The van der Waals surface area contributed by atoms with Crippen molar-refractivity contribution in [2.75, 3.05) is 19.7 Å². The molecule has 0 aromatic heterocycles. The lowest BCUT2D eigenvalue weighted by atomic mass is 10.0. The molecule has 2 aromatic carbocycles. The van der Waals surface area contributed by atoms with Crippen LogP contribution in [0.2, 0.25) is 0 Å². The average Bonchev–Trinajstić information content (AvgIpc) is 2.90. The van der Waals surface area contributed by atoms with Crippen LogP contribution in [0, 0.1) is 0 Å². The second kappa shape index (κ2) is 13.1. The molecule has 2 amide bonds. The molecule has 1 atom stereocenters. The Bertz CT molecular complexity index is 971. The number of hydroxylamine groups is 1. The summed E-state index contributed by atoms with van der Waals surface area (Å²) < 4.78 is 7.77. The molecule has 35 heavy (non-hydrogen) atoms. The Balaban J connectivity index is 1.25. The van der Waals surface area contributed by atoms with Gasteiger partial charge in [0.1, 0.15) is 0 Å². The molecule has 1 unspecified atom stereocenters. The predicted molar refractivity (Wildman–Crippen MR) is 137 cm³/mol. The summed E-state index contributed by atoms with van der Waals surface area (Å²) in [5, 5.41) is 3.18. The first kappa shape index (κ1) is 25.7. The molecule has 0 radical (unpaired) electrons. The molecule has 0 saturated carbocycles. The minimum absolute atomic E-state index is 0.0110. The Morgan fingerprint density at radius 2 is 1.80 bits per heavy atom. The summed E-state index contributed by atoms with van der Waals surface area (Å²) in [4.78, 5) is 31.7. The van der Waals surface area contributed by atoms with Crippen molar-refractivity contribution in [2.45, 2.75) is 69.1 Å². The molecule has 4 rings (SSSR count).